The summed E-state index contributed by atoms with van der Waals surface area (Å²) in [6.45, 7) is 6.90. The molecular weight excluding hydrogens is 234 g/mol. The van der Waals surface area contributed by atoms with Crippen molar-refractivity contribution >= 4 is 5.96 Å². The highest BCUT2D eigenvalue weighted by Crippen LogP contribution is 2.43. The van der Waals surface area contributed by atoms with E-state index in [1.807, 2.05) is 0 Å². The monoisotopic (exact) mass is 259 g/mol. The molecule has 19 heavy (non-hydrogen) atoms. The maximum Gasteiger partial charge on any atom is 0.191 e. The first-order valence-electron chi connectivity index (χ1n) is 7.38. The van der Waals surface area contributed by atoms with Gasteiger partial charge in [-0.3, -0.25) is 4.99 Å². The molecule has 2 N–H and O–H groups in total. The van der Waals surface area contributed by atoms with Crippen LogP contribution in [0.3, 0.4) is 0 Å². The van der Waals surface area contributed by atoms with Gasteiger partial charge in [0.1, 0.15) is 0 Å². The smallest absolute Gasteiger partial charge is 0.191 e. The largest absolute Gasteiger partial charge is 0.357 e. The first kappa shape index (κ1) is 13.9. The first-order chi connectivity index (χ1) is 9.30. The number of hydrogen-bond donors (Lipinski definition) is 2. The molecule has 0 unspecified atom stereocenters. The SMILES string of the molecule is CCNC(=NCC1(c2ccccc2)CCC1)NCC. The van der Waals surface area contributed by atoms with Crippen molar-refractivity contribution in [3.05, 3.63) is 35.9 Å². The van der Waals surface area contributed by atoms with Gasteiger partial charge in [0.2, 0.25) is 0 Å². The predicted molar refractivity (Wildman–Crippen MR) is 81.6 cm³/mol. The van der Waals surface area contributed by atoms with Crippen molar-refractivity contribution in [2.75, 3.05) is 19.6 Å². The Morgan fingerprint density at radius 2 is 1.74 bits per heavy atom. The summed E-state index contributed by atoms with van der Waals surface area (Å²) in [6, 6.07) is 10.8. The molecule has 0 atom stereocenters. The standard InChI is InChI=1S/C16H25N3/c1-3-17-15(18-4-2)19-13-16(11-8-12-16)14-9-6-5-7-10-14/h5-7,9-10H,3-4,8,11-13H2,1-2H3,(H2,17,18,19). The van der Waals surface area contributed by atoms with Crippen LogP contribution in [0.4, 0.5) is 0 Å². The molecule has 2 rings (SSSR count). The Labute approximate surface area is 116 Å². The summed E-state index contributed by atoms with van der Waals surface area (Å²) in [5.74, 6) is 0.937. The summed E-state index contributed by atoms with van der Waals surface area (Å²) < 4.78 is 0. The van der Waals surface area contributed by atoms with Gasteiger partial charge in [0.05, 0.1) is 6.54 Å². The summed E-state index contributed by atoms with van der Waals surface area (Å²) >= 11 is 0. The van der Waals surface area contributed by atoms with E-state index < -0.39 is 0 Å². The number of rotatable bonds is 5. The molecule has 0 heterocycles. The van der Waals surface area contributed by atoms with Crippen molar-refractivity contribution in [1.82, 2.24) is 10.6 Å². The van der Waals surface area contributed by atoms with E-state index in [4.69, 9.17) is 4.99 Å². The molecule has 0 spiro atoms. The van der Waals surface area contributed by atoms with Crippen LogP contribution in [-0.4, -0.2) is 25.6 Å². The Balaban J connectivity index is 2.08. The van der Waals surface area contributed by atoms with Crippen LogP contribution < -0.4 is 10.6 Å². The zero-order chi connectivity index (χ0) is 13.6. The highest BCUT2D eigenvalue weighted by Gasteiger charge is 2.38. The zero-order valence-electron chi connectivity index (χ0n) is 12.1. The van der Waals surface area contributed by atoms with Gasteiger partial charge in [0, 0.05) is 18.5 Å². The second-order valence-electron chi connectivity index (χ2n) is 5.23. The van der Waals surface area contributed by atoms with Crippen LogP contribution >= 0.6 is 0 Å². The van der Waals surface area contributed by atoms with E-state index in [1.54, 1.807) is 0 Å². The van der Waals surface area contributed by atoms with Gasteiger partial charge in [-0.2, -0.15) is 0 Å². The molecule has 1 fully saturated rings. The molecule has 3 nitrogen and oxygen atoms in total. The lowest BCUT2D eigenvalue weighted by Crippen LogP contribution is -2.41. The summed E-state index contributed by atoms with van der Waals surface area (Å²) in [5.41, 5.74) is 1.72. The second-order valence-corrected chi connectivity index (χ2v) is 5.23. The molecule has 1 aromatic carbocycles. The van der Waals surface area contributed by atoms with Crippen molar-refractivity contribution in [2.45, 2.75) is 38.5 Å². The van der Waals surface area contributed by atoms with Gasteiger partial charge in [0.25, 0.3) is 0 Å². The van der Waals surface area contributed by atoms with Gasteiger partial charge in [-0.15, -0.1) is 0 Å². The highest BCUT2D eigenvalue weighted by atomic mass is 15.2. The Hall–Kier alpha value is -1.51. The number of benzene rings is 1. The maximum atomic E-state index is 4.77. The van der Waals surface area contributed by atoms with E-state index >= 15 is 0 Å². The molecule has 0 aliphatic heterocycles. The molecule has 0 amide bonds. The van der Waals surface area contributed by atoms with Gasteiger partial charge < -0.3 is 10.6 Å². The predicted octanol–water partition coefficient (Wildman–Crippen LogP) is 2.68. The quantitative estimate of drug-likeness (QED) is 0.630. The van der Waals surface area contributed by atoms with E-state index in [-0.39, 0.29) is 5.41 Å². The van der Waals surface area contributed by atoms with Crippen molar-refractivity contribution < 1.29 is 0 Å². The average Bonchev–Trinajstić information content (AvgIpc) is 2.39. The summed E-state index contributed by atoms with van der Waals surface area (Å²) in [6.07, 6.45) is 3.83. The number of hydrogen-bond acceptors (Lipinski definition) is 1. The van der Waals surface area contributed by atoms with Crippen LogP contribution in [0.2, 0.25) is 0 Å². The van der Waals surface area contributed by atoms with E-state index in [0.717, 1.165) is 25.6 Å². The van der Waals surface area contributed by atoms with Gasteiger partial charge in [-0.25, -0.2) is 0 Å². The Morgan fingerprint density at radius 1 is 1.11 bits per heavy atom. The lowest BCUT2D eigenvalue weighted by atomic mass is 9.64. The van der Waals surface area contributed by atoms with Gasteiger partial charge in [-0.05, 0) is 32.3 Å². The van der Waals surface area contributed by atoms with E-state index in [1.165, 1.54) is 24.8 Å². The maximum absolute atomic E-state index is 4.77. The van der Waals surface area contributed by atoms with Crippen molar-refractivity contribution in [3.63, 3.8) is 0 Å². The molecule has 0 aromatic heterocycles. The average molecular weight is 259 g/mol. The molecule has 104 valence electrons. The lowest BCUT2D eigenvalue weighted by molar-refractivity contribution is 0.253. The summed E-state index contributed by atoms with van der Waals surface area (Å²) in [4.78, 5) is 4.77. The molecular formula is C16H25N3. The second kappa shape index (κ2) is 6.60. The van der Waals surface area contributed by atoms with E-state index in [0.29, 0.717) is 0 Å². The summed E-state index contributed by atoms with van der Waals surface area (Å²) in [5, 5.41) is 6.59. The molecule has 0 bridgehead atoms. The van der Waals surface area contributed by atoms with Crippen molar-refractivity contribution in [3.8, 4) is 0 Å². The Morgan fingerprint density at radius 3 is 2.21 bits per heavy atom. The number of aliphatic imine (C=N–C) groups is 1. The number of nitrogens with zero attached hydrogens (tertiary/aromatic N) is 1. The van der Waals surface area contributed by atoms with Crippen molar-refractivity contribution in [1.29, 1.82) is 0 Å². The Kier molecular flexibility index (Phi) is 4.83. The lowest BCUT2D eigenvalue weighted by Gasteiger charge is -2.41. The molecule has 1 aliphatic carbocycles. The van der Waals surface area contributed by atoms with Crippen LogP contribution in [0.15, 0.2) is 35.3 Å². The zero-order valence-corrected chi connectivity index (χ0v) is 12.1. The third kappa shape index (κ3) is 3.28. The van der Waals surface area contributed by atoms with Gasteiger partial charge in [-0.1, -0.05) is 36.8 Å². The van der Waals surface area contributed by atoms with Gasteiger partial charge in [0.15, 0.2) is 5.96 Å². The highest BCUT2D eigenvalue weighted by molar-refractivity contribution is 5.79. The molecule has 0 radical (unpaired) electrons. The van der Waals surface area contributed by atoms with Crippen LogP contribution in [0.5, 0.6) is 0 Å². The number of guanidine groups is 1. The molecule has 1 aromatic rings. The topological polar surface area (TPSA) is 36.4 Å². The Bertz CT molecular complexity index is 399. The molecule has 1 aliphatic rings. The minimum atomic E-state index is 0.275. The van der Waals surface area contributed by atoms with Crippen LogP contribution in [0.25, 0.3) is 0 Å². The molecule has 3 heteroatoms. The molecule has 0 saturated heterocycles. The van der Waals surface area contributed by atoms with Crippen LogP contribution in [0.1, 0.15) is 38.7 Å². The number of nitrogens with one attached hydrogen (secondary N) is 2. The third-order valence-corrected chi connectivity index (χ3v) is 3.93. The fourth-order valence-corrected chi connectivity index (χ4v) is 2.67. The fraction of sp³-hybridized carbons (Fsp3) is 0.562. The van der Waals surface area contributed by atoms with E-state index in [2.05, 4.69) is 54.8 Å². The van der Waals surface area contributed by atoms with E-state index in [9.17, 15) is 0 Å². The normalized spacial score (nSPS) is 16.3. The minimum absolute atomic E-state index is 0.275. The first-order valence-corrected chi connectivity index (χ1v) is 7.38. The molecule has 1 saturated carbocycles. The van der Waals surface area contributed by atoms with Crippen molar-refractivity contribution in [2.24, 2.45) is 4.99 Å². The summed E-state index contributed by atoms with van der Waals surface area (Å²) in [7, 11) is 0. The van der Waals surface area contributed by atoms with Crippen LogP contribution in [0, 0.1) is 0 Å². The fourth-order valence-electron chi connectivity index (χ4n) is 2.67. The minimum Gasteiger partial charge on any atom is -0.357 e. The van der Waals surface area contributed by atoms with Gasteiger partial charge >= 0.3 is 0 Å². The third-order valence-electron chi connectivity index (χ3n) is 3.93. The van der Waals surface area contributed by atoms with Crippen LogP contribution in [-0.2, 0) is 5.41 Å².